The quantitative estimate of drug-likeness (QED) is 0.694. The number of unbranched alkanes of at least 4 members (excludes halogenated alkanes) is 3. The van der Waals surface area contributed by atoms with Crippen molar-refractivity contribution >= 4 is 0 Å². The summed E-state index contributed by atoms with van der Waals surface area (Å²) in [7, 11) is 0. The summed E-state index contributed by atoms with van der Waals surface area (Å²) in [4.78, 5) is 4.02. The van der Waals surface area contributed by atoms with Gasteiger partial charge in [0.25, 0.3) is 0 Å². The molecule has 0 N–H and O–H groups in total. The van der Waals surface area contributed by atoms with Crippen LogP contribution in [0.4, 0.5) is 13.2 Å². The minimum atomic E-state index is -4.29. The molecule has 0 fully saturated rings. The first-order valence-corrected chi connectivity index (χ1v) is 5.99. The largest absolute Gasteiger partial charge is 0.418 e. The molecule has 17 heavy (non-hydrogen) atoms. The van der Waals surface area contributed by atoms with E-state index in [1.807, 2.05) is 0 Å². The highest BCUT2D eigenvalue weighted by Crippen LogP contribution is 2.31. The summed E-state index contributed by atoms with van der Waals surface area (Å²) in [5.41, 5.74) is 0.201. The summed E-state index contributed by atoms with van der Waals surface area (Å²) in [5, 5.41) is 0. The highest BCUT2D eigenvalue weighted by atomic mass is 19.4. The number of pyridine rings is 1. The van der Waals surface area contributed by atoms with E-state index in [9.17, 15) is 13.2 Å². The molecule has 0 radical (unpaired) electrons. The molecule has 0 bridgehead atoms. The fourth-order valence-electron chi connectivity index (χ4n) is 1.78. The summed E-state index contributed by atoms with van der Waals surface area (Å²) in [6.45, 7) is 3.54. The molecule has 4 heteroatoms. The highest BCUT2D eigenvalue weighted by Gasteiger charge is 2.32. The first-order chi connectivity index (χ1) is 7.95. The molecule has 96 valence electrons. The van der Waals surface area contributed by atoms with Crippen LogP contribution in [0.2, 0.25) is 0 Å². The molecule has 0 amide bonds. The van der Waals surface area contributed by atoms with Gasteiger partial charge < -0.3 is 0 Å². The first-order valence-electron chi connectivity index (χ1n) is 5.99. The van der Waals surface area contributed by atoms with E-state index in [1.54, 1.807) is 0 Å². The molecule has 0 aliphatic carbocycles. The van der Waals surface area contributed by atoms with Crippen molar-refractivity contribution in [2.45, 2.75) is 52.1 Å². The maximum Gasteiger partial charge on any atom is 0.418 e. The molecule has 0 spiro atoms. The van der Waals surface area contributed by atoms with Gasteiger partial charge in [-0.25, -0.2) is 0 Å². The summed E-state index contributed by atoms with van der Waals surface area (Å²) in [6, 6.07) is 2.62. The fourth-order valence-corrected chi connectivity index (χ4v) is 1.78. The van der Waals surface area contributed by atoms with E-state index in [1.165, 1.54) is 19.4 Å². The number of hydrogen-bond acceptors (Lipinski definition) is 1. The number of rotatable bonds is 5. The van der Waals surface area contributed by atoms with E-state index in [2.05, 4.69) is 11.9 Å². The molecule has 1 aromatic heterocycles. The average Bonchev–Trinajstić information content (AvgIpc) is 2.23. The van der Waals surface area contributed by atoms with E-state index in [0.717, 1.165) is 37.4 Å². The van der Waals surface area contributed by atoms with Crippen LogP contribution in [-0.2, 0) is 12.6 Å². The second kappa shape index (κ2) is 6.03. The molecule has 0 saturated heterocycles. The number of halogens is 3. The first kappa shape index (κ1) is 14.0. The topological polar surface area (TPSA) is 12.9 Å². The van der Waals surface area contributed by atoms with Crippen molar-refractivity contribution in [3.8, 4) is 0 Å². The van der Waals surface area contributed by atoms with E-state index in [4.69, 9.17) is 0 Å². The third-order valence-corrected chi connectivity index (χ3v) is 2.74. The Kier molecular flexibility index (Phi) is 4.97. The van der Waals surface area contributed by atoms with Crippen molar-refractivity contribution in [2.75, 3.05) is 0 Å². The van der Waals surface area contributed by atoms with Gasteiger partial charge >= 0.3 is 6.18 Å². The Morgan fingerprint density at radius 1 is 1.12 bits per heavy atom. The van der Waals surface area contributed by atoms with Crippen LogP contribution in [0.15, 0.2) is 12.1 Å². The molecule has 0 aromatic carbocycles. The van der Waals surface area contributed by atoms with Gasteiger partial charge in [0.1, 0.15) is 0 Å². The number of alkyl halides is 3. The van der Waals surface area contributed by atoms with E-state index < -0.39 is 11.7 Å². The van der Waals surface area contributed by atoms with Crippen LogP contribution in [0, 0.1) is 6.92 Å². The number of nitrogens with zero attached hydrogens (tertiary/aromatic N) is 1. The molecule has 0 unspecified atom stereocenters. The minimum Gasteiger partial charge on any atom is -0.258 e. The van der Waals surface area contributed by atoms with Gasteiger partial charge in [-0.05, 0) is 31.9 Å². The van der Waals surface area contributed by atoms with Gasteiger partial charge in [0.2, 0.25) is 0 Å². The molecular weight excluding hydrogens is 227 g/mol. The Balaban J connectivity index is 2.63. The van der Waals surface area contributed by atoms with Gasteiger partial charge in [0.05, 0.1) is 5.56 Å². The Bertz CT molecular complexity index is 358. The summed E-state index contributed by atoms with van der Waals surface area (Å²) in [5.74, 6) is 0. The number of aryl methyl sites for hydroxylation is 2. The Hall–Kier alpha value is -1.06. The fraction of sp³-hybridized carbons (Fsp3) is 0.615. The summed E-state index contributed by atoms with van der Waals surface area (Å²) < 4.78 is 37.5. The maximum atomic E-state index is 12.5. The van der Waals surface area contributed by atoms with Crippen LogP contribution in [0.1, 0.15) is 49.6 Å². The lowest BCUT2D eigenvalue weighted by molar-refractivity contribution is -0.138. The van der Waals surface area contributed by atoms with Crippen molar-refractivity contribution in [3.05, 3.63) is 29.1 Å². The predicted molar refractivity (Wildman–Crippen MR) is 61.8 cm³/mol. The third kappa shape index (κ3) is 4.36. The van der Waals surface area contributed by atoms with Crippen LogP contribution < -0.4 is 0 Å². The van der Waals surface area contributed by atoms with Crippen LogP contribution in [0.25, 0.3) is 0 Å². The average molecular weight is 245 g/mol. The molecule has 0 aliphatic rings. The van der Waals surface area contributed by atoms with Gasteiger partial charge in [-0.3, -0.25) is 4.98 Å². The maximum absolute atomic E-state index is 12.5. The molecule has 1 heterocycles. The molecule has 0 saturated carbocycles. The Morgan fingerprint density at radius 2 is 1.82 bits per heavy atom. The smallest absolute Gasteiger partial charge is 0.258 e. The summed E-state index contributed by atoms with van der Waals surface area (Å²) in [6.07, 6.45) is 0.889. The zero-order valence-corrected chi connectivity index (χ0v) is 10.3. The van der Waals surface area contributed by atoms with Gasteiger partial charge in [-0.2, -0.15) is 13.2 Å². The van der Waals surface area contributed by atoms with E-state index >= 15 is 0 Å². The van der Waals surface area contributed by atoms with Crippen molar-refractivity contribution < 1.29 is 13.2 Å². The molecule has 0 atom stereocenters. The van der Waals surface area contributed by atoms with E-state index in [0.29, 0.717) is 0 Å². The second-order valence-electron chi connectivity index (χ2n) is 4.24. The zero-order chi connectivity index (χ0) is 12.9. The molecule has 0 aliphatic heterocycles. The lowest BCUT2D eigenvalue weighted by Gasteiger charge is -2.10. The lowest BCUT2D eigenvalue weighted by Crippen LogP contribution is -2.09. The number of hydrogen-bond donors (Lipinski definition) is 0. The minimum absolute atomic E-state index is 0.0745. The zero-order valence-electron chi connectivity index (χ0n) is 10.3. The van der Waals surface area contributed by atoms with Crippen LogP contribution >= 0.6 is 0 Å². The molecule has 1 rings (SSSR count). The Morgan fingerprint density at radius 3 is 2.35 bits per heavy atom. The van der Waals surface area contributed by atoms with Crippen molar-refractivity contribution in [3.63, 3.8) is 0 Å². The van der Waals surface area contributed by atoms with Crippen LogP contribution in [-0.4, -0.2) is 4.98 Å². The molecular formula is C13H18F3N. The normalized spacial score (nSPS) is 11.8. The van der Waals surface area contributed by atoms with Gasteiger partial charge in [-0.15, -0.1) is 0 Å². The Labute approximate surface area is 100 Å². The summed E-state index contributed by atoms with van der Waals surface area (Å²) >= 11 is 0. The number of aromatic nitrogens is 1. The van der Waals surface area contributed by atoms with Crippen LogP contribution in [0.3, 0.4) is 0 Å². The van der Waals surface area contributed by atoms with Gasteiger partial charge in [0, 0.05) is 11.4 Å². The lowest BCUT2D eigenvalue weighted by atomic mass is 10.1. The standard InChI is InChI=1S/C13H18F3N/c1-3-4-5-6-7-11-8-9-12(10(2)17-11)13(14,15)16/h8-9H,3-7H2,1-2H3. The van der Waals surface area contributed by atoms with Crippen molar-refractivity contribution in [1.29, 1.82) is 0 Å². The predicted octanol–water partition coefficient (Wildman–Crippen LogP) is 4.53. The van der Waals surface area contributed by atoms with Crippen molar-refractivity contribution in [2.24, 2.45) is 0 Å². The van der Waals surface area contributed by atoms with Crippen LogP contribution in [0.5, 0.6) is 0 Å². The monoisotopic (exact) mass is 245 g/mol. The third-order valence-electron chi connectivity index (χ3n) is 2.74. The molecule has 1 nitrogen and oxygen atoms in total. The van der Waals surface area contributed by atoms with E-state index in [-0.39, 0.29) is 5.69 Å². The van der Waals surface area contributed by atoms with Crippen molar-refractivity contribution in [1.82, 2.24) is 4.98 Å². The highest BCUT2D eigenvalue weighted by molar-refractivity contribution is 5.24. The van der Waals surface area contributed by atoms with Gasteiger partial charge in [0.15, 0.2) is 0 Å². The SMILES string of the molecule is CCCCCCc1ccc(C(F)(F)F)c(C)n1. The molecule has 1 aromatic rings. The second-order valence-corrected chi connectivity index (χ2v) is 4.24. The van der Waals surface area contributed by atoms with Gasteiger partial charge in [-0.1, -0.05) is 26.2 Å².